The minimum atomic E-state index is -3.78. The maximum Gasteiger partial charge on any atom is 0.271 e. The summed E-state index contributed by atoms with van der Waals surface area (Å²) in [6.45, 7) is 7.11. The molecule has 172 valence electrons. The van der Waals surface area contributed by atoms with E-state index in [1.54, 1.807) is 35.7 Å². The monoisotopic (exact) mass is 484 g/mol. The number of amides is 1. The van der Waals surface area contributed by atoms with Gasteiger partial charge in [0.05, 0.1) is 30.2 Å². The number of hydrazine groups is 1. The number of carbonyl (C=O) groups is 1. The SMILES string of the molecule is C=C(NNC(=O)c1ccccc1NS(=O)(=O)c1cccs1)c1ccc(N2CCOCC2)cc1. The van der Waals surface area contributed by atoms with E-state index in [1.165, 1.54) is 6.07 Å². The van der Waals surface area contributed by atoms with Crippen molar-refractivity contribution in [1.29, 1.82) is 0 Å². The first-order valence-electron chi connectivity index (χ1n) is 10.3. The zero-order valence-corrected chi connectivity index (χ0v) is 19.4. The zero-order chi connectivity index (χ0) is 23.3. The Labute approximate surface area is 196 Å². The summed E-state index contributed by atoms with van der Waals surface area (Å²) in [5, 5.41) is 1.68. The Kier molecular flexibility index (Phi) is 6.97. The summed E-state index contributed by atoms with van der Waals surface area (Å²) in [4.78, 5) is 15.0. The van der Waals surface area contributed by atoms with Gasteiger partial charge in [-0.1, -0.05) is 36.9 Å². The third-order valence-electron chi connectivity index (χ3n) is 5.09. The Morgan fingerprint density at radius 2 is 1.70 bits per heavy atom. The van der Waals surface area contributed by atoms with Gasteiger partial charge < -0.3 is 9.64 Å². The lowest BCUT2D eigenvalue weighted by atomic mass is 10.1. The Hall–Kier alpha value is -3.34. The number of nitrogens with zero attached hydrogens (tertiary/aromatic N) is 1. The van der Waals surface area contributed by atoms with E-state index in [0.717, 1.165) is 35.7 Å². The van der Waals surface area contributed by atoms with E-state index < -0.39 is 15.9 Å². The molecule has 0 bridgehead atoms. The van der Waals surface area contributed by atoms with E-state index in [9.17, 15) is 13.2 Å². The third-order valence-corrected chi connectivity index (χ3v) is 7.86. The lowest BCUT2D eigenvalue weighted by molar-refractivity contribution is 0.0943. The van der Waals surface area contributed by atoms with Gasteiger partial charge in [-0.3, -0.25) is 20.4 Å². The van der Waals surface area contributed by atoms with E-state index in [-0.39, 0.29) is 15.5 Å². The number of sulfonamides is 1. The van der Waals surface area contributed by atoms with E-state index in [2.05, 4.69) is 27.1 Å². The van der Waals surface area contributed by atoms with Crippen LogP contribution < -0.4 is 20.5 Å². The van der Waals surface area contributed by atoms with Gasteiger partial charge in [-0.05, 0) is 41.3 Å². The van der Waals surface area contributed by atoms with Crippen LogP contribution in [0.1, 0.15) is 15.9 Å². The van der Waals surface area contributed by atoms with Crippen LogP contribution in [0.15, 0.2) is 76.8 Å². The number of para-hydroxylation sites is 1. The molecule has 1 fully saturated rings. The van der Waals surface area contributed by atoms with Crippen LogP contribution in [0.3, 0.4) is 0 Å². The van der Waals surface area contributed by atoms with Crippen LogP contribution in [0.4, 0.5) is 11.4 Å². The summed E-state index contributed by atoms with van der Waals surface area (Å²) in [5.41, 5.74) is 8.20. The van der Waals surface area contributed by atoms with Crippen LogP contribution in [-0.4, -0.2) is 40.6 Å². The largest absolute Gasteiger partial charge is 0.378 e. The third kappa shape index (κ3) is 5.54. The highest BCUT2D eigenvalue weighted by molar-refractivity contribution is 7.94. The topological polar surface area (TPSA) is 99.8 Å². The van der Waals surface area contributed by atoms with Crippen LogP contribution in [0.5, 0.6) is 0 Å². The van der Waals surface area contributed by atoms with Crippen LogP contribution in [0.25, 0.3) is 5.70 Å². The molecule has 4 rings (SSSR count). The molecule has 1 aromatic heterocycles. The molecule has 1 amide bonds. The van der Waals surface area contributed by atoms with Gasteiger partial charge in [-0.25, -0.2) is 8.42 Å². The minimum absolute atomic E-state index is 0.171. The summed E-state index contributed by atoms with van der Waals surface area (Å²) >= 11 is 1.10. The predicted octanol–water partition coefficient (Wildman–Crippen LogP) is 3.29. The normalized spacial score (nSPS) is 13.9. The standard InChI is InChI=1S/C23H24N4O4S2/c1-17(18-8-10-19(11-9-18)27-12-14-31-15-13-27)24-25-23(28)20-5-2-3-6-21(20)26-33(29,30)22-7-4-16-32-22/h2-11,16,24,26H,1,12-15H2,(H,25,28). The van der Waals surface area contributed by atoms with Crippen molar-refractivity contribution in [3.63, 3.8) is 0 Å². The quantitative estimate of drug-likeness (QED) is 0.425. The molecular formula is C23H24N4O4S2. The average Bonchev–Trinajstić information content (AvgIpc) is 3.39. The molecule has 3 aromatic rings. The molecule has 2 aromatic carbocycles. The number of anilines is 2. The Morgan fingerprint density at radius 1 is 0.970 bits per heavy atom. The molecule has 10 heteroatoms. The maximum absolute atomic E-state index is 12.8. The summed E-state index contributed by atoms with van der Waals surface area (Å²) in [6.07, 6.45) is 0. The lowest BCUT2D eigenvalue weighted by Gasteiger charge is -2.29. The maximum atomic E-state index is 12.8. The van der Waals surface area contributed by atoms with Crippen molar-refractivity contribution in [2.45, 2.75) is 4.21 Å². The van der Waals surface area contributed by atoms with E-state index in [1.807, 2.05) is 24.3 Å². The van der Waals surface area contributed by atoms with Gasteiger partial charge in [-0.15, -0.1) is 11.3 Å². The van der Waals surface area contributed by atoms with E-state index >= 15 is 0 Å². The van der Waals surface area contributed by atoms with E-state index in [4.69, 9.17) is 4.74 Å². The van der Waals surface area contributed by atoms with Crippen molar-refractivity contribution in [1.82, 2.24) is 10.9 Å². The fourth-order valence-corrected chi connectivity index (χ4v) is 5.42. The van der Waals surface area contributed by atoms with Crippen molar-refractivity contribution >= 4 is 44.3 Å². The van der Waals surface area contributed by atoms with E-state index in [0.29, 0.717) is 18.9 Å². The second kappa shape index (κ2) is 10.1. The summed E-state index contributed by atoms with van der Waals surface area (Å²) in [5.74, 6) is -0.495. The number of benzene rings is 2. The van der Waals surface area contributed by atoms with Crippen LogP contribution in [0.2, 0.25) is 0 Å². The molecule has 0 unspecified atom stereocenters. The smallest absolute Gasteiger partial charge is 0.271 e. The average molecular weight is 485 g/mol. The molecule has 1 saturated heterocycles. The Balaban J connectivity index is 1.39. The minimum Gasteiger partial charge on any atom is -0.378 e. The summed E-state index contributed by atoms with van der Waals surface area (Å²) in [6, 6.07) is 17.4. The molecule has 0 saturated carbocycles. The second-order valence-corrected chi connectivity index (χ2v) is 10.1. The van der Waals surface area contributed by atoms with Gasteiger partial charge >= 0.3 is 0 Å². The van der Waals surface area contributed by atoms with Crippen LogP contribution >= 0.6 is 11.3 Å². The summed E-state index contributed by atoms with van der Waals surface area (Å²) in [7, 11) is -3.78. The number of carbonyl (C=O) groups excluding carboxylic acids is 1. The first-order chi connectivity index (χ1) is 15.9. The predicted molar refractivity (Wildman–Crippen MR) is 131 cm³/mol. The Morgan fingerprint density at radius 3 is 2.39 bits per heavy atom. The second-order valence-electron chi connectivity index (χ2n) is 7.29. The molecule has 0 spiro atoms. The molecule has 2 heterocycles. The van der Waals surface area contributed by atoms with Crippen molar-refractivity contribution < 1.29 is 17.9 Å². The first kappa shape index (κ1) is 22.8. The number of nitrogens with one attached hydrogen (secondary N) is 3. The molecule has 1 aliphatic rings. The van der Waals surface area contributed by atoms with Crippen molar-refractivity contribution in [3.05, 3.63) is 83.7 Å². The molecule has 0 radical (unpaired) electrons. The summed E-state index contributed by atoms with van der Waals surface area (Å²) < 4.78 is 33.2. The number of thiophene rings is 1. The number of ether oxygens (including phenoxy) is 1. The molecule has 0 aliphatic carbocycles. The highest BCUT2D eigenvalue weighted by Gasteiger charge is 2.19. The van der Waals surface area contributed by atoms with Gasteiger partial charge in [0.25, 0.3) is 15.9 Å². The van der Waals surface area contributed by atoms with Crippen LogP contribution in [-0.2, 0) is 14.8 Å². The van der Waals surface area contributed by atoms with Gasteiger partial charge in [0.1, 0.15) is 4.21 Å². The zero-order valence-electron chi connectivity index (χ0n) is 17.8. The van der Waals surface area contributed by atoms with Gasteiger partial charge in [0, 0.05) is 18.8 Å². The lowest BCUT2D eigenvalue weighted by Crippen LogP contribution is -2.36. The number of morpholine rings is 1. The van der Waals surface area contributed by atoms with Gasteiger partial charge in [-0.2, -0.15) is 0 Å². The first-order valence-corrected chi connectivity index (χ1v) is 12.6. The number of hydrogen-bond donors (Lipinski definition) is 3. The van der Waals surface area contributed by atoms with Crippen LogP contribution in [0, 0.1) is 0 Å². The molecule has 0 atom stereocenters. The number of hydrogen-bond acceptors (Lipinski definition) is 7. The van der Waals surface area contributed by atoms with Crippen molar-refractivity contribution in [3.8, 4) is 0 Å². The molecule has 1 aliphatic heterocycles. The van der Waals surface area contributed by atoms with Crippen molar-refractivity contribution in [2.75, 3.05) is 35.9 Å². The fraction of sp³-hybridized carbons (Fsp3) is 0.174. The molecule has 8 nitrogen and oxygen atoms in total. The van der Waals surface area contributed by atoms with Gasteiger partial charge in [0.15, 0.2) is 0 Å². The van der Waals surface area contributed by atoms with Gasteiger partial charge in [0.2, 0.25) is 0 Å². The molecular weight excluding hydrogens is 460 g/mol. The Bertz CT molecular complexity index is 1220. The van der Waals surface area contributed by atoms with Crippen molar-refractivity contribution in [2.24, 2.45) is 0 Å². The fourth-order valence-electron chi connectivity index (χ4n) is 3.35. The number of rotatable bonds is 8. The molecule has 3 N–H and O–H groups in total. The molecule has 33 heavy (non-hydrogen) atoms. The highest BCUT2D eigenvalue weighted by Crippen LogP contribution is 2.23. The highest BCUT2D eigenvalue weighted by atomic mass is 32.2.